The molecule has 0 aliphatic carbocycles. The lowest BCUT2D eigenvalue weighted by atomic mass is 10.1. The molecule has 3 N–H and O–H groups in total. The predicted octanol–water partition coefficient (Wildman–Crippen LogP) is 1.28. The quantitative estimate of drug-likeness (QED) is 0.235. The smallest absolute Gasteiger partial charge is 0.308 e. The molecule has 0 heterocycles. The zero-order valence-corrected chi connectivity index (χ0v) is 13.7. The van der Waals surface area contributed by atoms with Gasteiger partial charge in [-0.15, -0.1) is 0 Å². The van der Waals surface area contributed by atoms with Crippen molar-refractivity contribution in [2.75, 3.05) is 19.8 Å². The number of unbranched alkanes of at least 4 members (excludes halogenated alkanes) is 6. The third-order valence-electron chi connectivity index (χ3n) is 3.23. The predicted molar refractivity (Wildman–Crippen MR) is 83.4 cm³/mol. The average molecular weight is 334 g/mol. The van der Waals surface area contributed by atoms with Gasteiger partial charge in [-0.25, -0.2) is 0 Å². The van der Waals surface area contributed by atoms with Gasteiger partial charge in [-0.3, -0.25) is 9.59 Å². The van der Waals surface area contributed by atoms with E-state index in [0.717, 1.165) is 32.1 Å². The molecule has 0 aromatic heterocycles. The molecule has 0 spiro atoms. The summed E-state index contributed by atoms with van der Waals surface area (Å²) in [4.78, 5) is 22.8. The van der Waals surface area contributed by atoms with Gasteiger partial charge in [0.15, 0.2) is 6.61 Å². The number of hydrogen-bond donors (Lipinski definition) is 3. The Morgan fingerprint density at radius 1 is 0.739 bits per heavy atom. The second-order valence-electron chi connectivity index (χ2n) is 5.40. The fourth-order valence-electron chi connectivity index (χ4n) is 1.95. The minimum absolute atomic E-state index is 0.149. The van der Waals surface area contributed by atoms with Gasteiger partial charge in [0.05, 0.1) is 0 Å². The zero-order valence-electron chi connectivity index (χ0n) is 13.7. The summed E-state index contributed by atoms with van der Waals surface area (Å²) in [6, 6.07) is 0. The van der Waals surface area contributed by atoms with Gasteiger partial charge in [0.25, 0.3) is 0 Å². The second kappa shape index (κ2) is 15.7. The van der Waals surface area contributed by atoms with Crippen molar-refractivity contribution in [3.8, 4) is 0 Å². The Bertz CT molecular complexity index is 307. The molecular weight excluding hydrogens is 304 g/mol. The third-order valence-corrected chi connectivity index (χ3v) is 3.23. The van der Waals surface area contributed by atoms with E-state index in [0.29, 0.717) is 19.3 Å². The van der Waals surface area contributed by atoms with Gasteiger partial charge in [-0.2, -0.15) is 0 Å². The molecule has 0 saturated heterocycles. The average Bonchev–Trinajstić information content (AvgIpc) is 2.52. The van der Waals surface area contributed by atoms with Crippen LogP contribution in [0.5, 0.6) is 0 Å². The number of carbonyl (C=O) groups excluding carboxylic acids is 2. The SMILES string of the molecule is O=C(CCCCCCO)OCC(O)OC(=O)CCCCCCO. The highest BCUT2D eigenvalue weighted by atomic mass is 16.7. The molecular formula is C16H30O7. The lowest BCUT2D eigenvalue weighted by Crippen LogP contribution is -2.24. The normalized spacial score (nSPS) is 12.0. The molecule has 0 amide bonds. The Labute approximate surface area is 137 Å². The molecule has 1 atom stereocenters. The maximum absolute atomic E-state index is 11.4. The van der Waals surface area contributed by atoms with Crippen molar-refractivity contribution in [1.82, 2.24) is 0 Å². The van der Waals surface area contributed by atoms with Crippen molar-refractivity contribution >= 4 is 11.9 Å². The minimum Gasteiger partial charge on any atom is -0.459 e. The first kappa shape index (κ1) is 21.8. The van der Waals surface area contributed by atoms with Crippen molar-refractivity contribution in [2.45, 2.75) is 70.5 Å². The summed E-state index contributed by atoms with van der Waals surface area (Å²) >= 11 is 0. The van der Waals surface area contributed by atoms with Gasteiger partial charge in [0.1, 0.15) is 0 Å². The number of aliphatic hydroxyl groups excluding tert-OH is 3. The van der Waals surface area contributed by atoms with Crippen LogP contribution >= 0.6 is 0 Å². The highest BCUT2D eigenvalue weighted by molar-refractivity contribution is 5.70. The summed E-state index contributed by atoms with van der Waals surface area (Å²) < 4.78 is 9.55. The van der Waals surface area contributed by atoms with Crippen molar-refractivity contribution in [3.63, 3.8) is 0 Å². The van der Waals surface area contributed by atoms with Gasteiger partial charge in [-0.1, -0.05) is 25.7 Å². The molecule has 0 saturated carbocycles. The first-order chi connectivity index (χ1) is 11.1. The summed E-state index contributed by atoms with van der Waals surface area (Å²) in [6.07, 6.45) is 5.13. The number of hydrogen-bond acceptors (Lipinski definition) is 7. The number of aliphatic hydroxyl groups is 3. The van der Waals surface area contributed by atoms with E-state index in [1.165, 1.54) is 0 Å². The van der Waals surface area contributed by atoms with E-state index in [1.807, 2.05) is 0 Å². The molecule has 0 bridgehead atoms. The Kier molecular flexibility index (Phi) is 14.9. The van der Waals surface area contributed by atoms with Crippen LogP contribution in [0.1, 0.15) is 64.2 Å². The van der Waals surface area contributed by atoms with E-state index in [4.69, 9.17) is 19.7 Å². The van der Waals surface area contributed by atoms with Crippen LogP contribution in [-0.4, -0.2) is 53.4 Å². The van der Waals surface area contributed by atoms with Crippen LogP contribution in [0.15, 0.2) is 0 Å². The first-order valence-corrected chi connectivity index (χ1v) is 8.35. The Morgan fingerprint density at radius 2 is 1.22 bits per heavy atom. The van der Waals surface area contributed by atoms with Crippen molar-refractivity contribution in [3.05, 3.63) is 0 Å². The molecule has 0 aliphatic heterocycles. The lowest BCUT2D eigenvalue weighted by Gasteiger charge is -2.12. The number of esters is 2. The highest BCUT2D eigenvalue weighted by Crippen LogP contribution is 2.06. The Morgan fingerprint density at radius 3 is 1.74 bits per heavy atom. The van der Waals surface area contributed by atoms with E-state index < -0.39 is 18.2 Å². The van der Waals surface area contributed by atoms with E-state index in [1.54, 1.807) is 0 Å². The lowest BCUT2D eigenvalue weighted by molar-refractivity contribution is -0.182. The van der Waals surface area contributed by atoms with Crippen LogP contribution in [0, 0.1) is 0 Å². The molecule has 1 unspecified atom stereocenters. The topological polar surface area (TPSA) is 113 Å². The van der Waals surface area contributed by atoms with Crippen molar-refractivity contribution in [2.24, 2.45) is 0 Å². The molecule has 0 fully saturated rings. The summed E-state index contributed by atoms with van der Waals surface area (Å²) in [5.74, 6) is -0.963. The Balaban J connectivity index is 3.55. The highest BCUT2D eigenvalue weighted by Gasteiger charge is 2.13. The first-order valence-electron chi connectivity index (χ1n) is 8.35. The second-order valence-corrected chi connectivity index (χ2v) is 5.40. The monoisotopic (exact) mass is 334 g/mol. The van der Waals surface area contributed by atoms with Gasteiger partial charge in [-0.05, 0) is 25.7 Å². The largest absolute Gasteiger partial charge is 0.459 e. The summed E-state index contributed by atoms with van der Waals surface area (Å²) in [6.45, 7) is -0.0505. The van der Waals surface area contributed by atoms with Gasteiger partial charge >= 0.3 is 11.9 Å². The molecule has 0 aliphatic rings. The number of rotatable bonds is 15. The molecule has 0 aromatic rings. The third kappa shape index (κ3) is 15.5. The maximum atomic E-state index is 11.4. The zero-order chi connectivity index (χ0) is 17.3. The molecule has 0 rings (SSSR count). The van der Waals surface area contributed by atoms with Crippen LogP contribution < -0.4 is 0 Å². The van der Waals surface area contributed by atoms with E-state index in [2.05, 4.69) is 0 Å². The van der Waals surface area contributed by atoms with Crippen LogP contribution in [0.3, 0.4) is 0 Å². The summed E-state index contributed by atoms with van der Waals surface area (Å²) in [7, 11) is 0. The minimum atomic E-state index is -1.43. The van der Waals surface area contributed by atoms with Crippen LogP contribution in [0.4, 0.5) is 0 Å². The molecule has 0 radical (unpaired) electrons. The molecule has 0 aromatic carbocycles. The molecule has 7 nitrogen and oxygen atoms in total. The number of carbonyl (C=O) groups is 2. The summed E-state index contributed by atoms with van der Waals surface area (Å²) in [5, 5.41) is 26.7. The van der Waals surface area contributed by atoms with E-state index in [9.17, 15) is 14.7 Å². The fraction of sp³-hybridized carbons (Fsp3) is 0.875. The summed E-state index contributed by atoms with van der Waals surface area (Å²) in [5.41, 5.74) is 0. The fourth-order valence-corrected chi connectivity index (χ4v) is 1.95. The van der Waals surface area contributed by atoms with Crippen LogP contribution in [0.2, 0.25) is 0 Å². The molecule has 23 heavy (non-hydrogen) atoms. The standard InChI is InChI=1S/C16H30O7/c17-11-7-3-1-5-9-14(19)22-13-16(21)23-15(20)10-6-2-4-8-12-18/h16-18,21H,1-13H2. The van der Waals surface area contributed by atoms with Gasteiger partial charge in [0, 0.05) is 26.1 Å². The molecule has 7 heteroatoms. The van der Waals surface area contributed by atoms with Crippen molar-refractivity contribution < 1.29 is 34.4 Å². The maximum Gasteiger partial charge on any atom is 0.308 e. The van der Waals surface area contributed by atoms with Crippen LogP contribution in [-0.2, 0) is 19.1 Å². The van der Waals surface area contributed by atoms with Crippen molar-refractivity contribution in [1.29, 1.82) is 0 Å². The van der Waals surface area contributed by atoms with E-state index >= 15 is 0 Å². The number of ether oxygens (including phenoxy) is 2. The molecule has 136 valence electrons. The van der Waals surface area contributed by atoms with E-state index in [-0.39, 0.29) is 32.7 Å². The van der Waals surface area contributed by atoms with Gasteiger partial charge < -0.3 is 24.8 Å². The Hall–Kier alpha value is -1.18. The van der Waals surface area contributed by atoms with Crippen LogP contribution in [0.25, 0.3) is 0 Å². The van der Waals surface area contributed by atoms with Gasteiger partial charge in [0.2, 0.25) is 6.29 Å².